The van der Waals surface area contributed by atoms with Crippen molar-refractivity contribution in [1.82, 2.24) is 19.5 Å². The van der Waals surface area contributed by atoms with Gasteiger partial charge in [0.2, 0.25) is 0 Å². The zero-order valence-electron chi connectivity index (χ0n) is 23.2. The molecule has 5 rings (SSSR count). The number of imidazole rings is 1. The lowest BCUT2D eigenvalue weighted by molar-refractivity contribution is -0.0511. The molecule has 21 heteroatoms. The summed E-state index contributed by atoms with van der Waals surface area (Å²) in [5, 5.41) is 31.6. The first-order valence-corrected chi connectivity index (χ1v) is 16.1. The van der Waals surface area contributed by atoms with Gasteiger partial charge >= 0.3 is 21.4 Å². The van der Waals surface area contributed by atoms with Gasteiger partial charge in [-0.2, -0.15) is 0 Å². The van der Waals surface area contributed by atoms with E-state index in [0.717, 1.165) is 0 Å². The second kappa shape index (κ2) is 12.3. The number of ether oxygens (including phenoxy) is 3. The van der Waals surface area contributed by atoms with Crippen molar-refractivity contribution in [2.45, 2.75) is 44.5 Å². The molecule has 2 aliphatic heterocycles. The first kappa shape index (κ1) is 32.2. The molecule has 7 N–H and O–H groups in total. The molecule has 0 amide bonds. The van der Waals surface area contributed by atoms with Gasteiger partial charge in [0.15, 0.2) is 24.0 Å². The van der Waals surface area contributed by atoms with Crippen molar-refractivity contribution >= 4 is 38.4 Å². The number of aromatic nitrogens is 4. The number of nitrogens with zero attached hydrogens (tertiary/aromatic N) is 4. The second-order valence-electron chi connectivity index (χ2n) is 9.79. The van der Waals surface area contributed by atoms with Gasteiger partial charge in [0.1, 0.15) is 53.8 Å². The first-order valence-electron chi connectivity index (χ1n) is 12.9. The Balaban J connectivity index is 1.15. The van der Waals surface area contributed by atoms with Crippen molar-refractivity contribution in [3.05, 3.63) is 34.9 Å². The summed E-state index contributed by atoms with van der Waals surface area (Å²) < 4.78 is 56.5. The van der Waals surface area contributed by atoms with Crippen molar-refractivity contribution < 1.29 is 66.8 Å². The Morgan fingerprint density at radius 2 is 1.89 bits per heavy atom. The fraction of sp³-hybridized carbons (Fsp3) is 0.478. The Morgan fingerprint density at radius 1 is 1.14 bits per heavy atom. The van der Waals surface area contributed by atoms with Gasteiger partial charge in [-0.25, -0.2) is 24.3 Å². The van der Waals surface area contributed by atoms with E-state index in [9.17, 15) is 39.0 Å². The molecule has 2 aliphatic rings. The van der Waals surface area contributed by atoms with Crippen LogP contribution in [0.2, 0.25) is 0 Å². The molecule has 19 nitrogen and oxygen atoms in total. The van der Waals surface area contributed by atoms with E-state index in [0.29, 0.717) is 11.1 Å². The molecule has 1 aromatic carbocycles. The monoisotopic (exact) mass is 661 g/mol. The lowest BCUT2D eigenvalue weighted by Gasteiger charge is -2.19. The molecule has 0 aliphatic carbocycles. The molecule has 0 saturated carbocycles. The number of nitrogens with two attached hydrogens (primary N) is 1. The van der Waals surface area contributed by atoms with Crippen LogP contribution in [-0.4, -0.2) is 95.6 Å². The van der Waals surface area contributed by atoms with Crippen LogP contribution in [0.25, 0.3) is 11.2 Å². The van der Waals surface area contributed by atoms with E-state index in [2.05, 4.69) is 19.5 Å². The molecule has 3 aromatic rings. The topological polar surface area (TPSA) is 277 Å². The maximum atomic E-state index is 12.5. The van der Waals surface area contributed by atoms with Crippen molar-refractivity contribution in [2.75, 3.05) is 32.4 Å². The lowest BCUT2D eigenvalue weighted by Crippen LogP contribution is -2.33. The van der Waals surface area contributed by atoms with E-state index in [4.69, 9.17) is 29.0 Å². The van der Waals surface area contributed by atoms with Crippen LogP contribution in [0.15, 0.2) is 12.7 Å². The van der Waals surface area contributed by atoms with E-state index >= 15 is 0 Å². The number of esters is 1. The van der Waals surface area contributed by atoms with Gasteiger partial charge in [-0.05, 0) is 12.5 Å². The van der Waals surface area contributed by atoms with E-state index in [-0.39, 0.29) is 46.9 Å². The number of nitrogen functional groups attached to an aromatic ring is 1. The Hall–Kier alpha value is -3.22. The summed E-state index contributed by atoms with van der Waals surface area (Å²) in [6.07, 6.45) is -4.67. The van der Waals surface area contributed by atoms with Crippen molar-refractivity contribution in [3.63, 3.8) is 0 Å². The minimum atomic E-state index is -5.00. The summed E-state index contributed by atoms with van der Waals surface area (Å²) in [5.41, 5.74) is 7.30. The molecular weight excluding hydrogens is 632 g/mol. The number of methoxy groups -OCH3 is 1. The highest BCUT2D eigenvalue weighted by molar-refractivity contribution is 7.54. The van der Waals surface area contributed by atoms with Crippen LogP contribution in [0.1, 0.15) is 33.3 Å². The van der Waals surface area contributed by atoms with E-state index in [1.807, 2.05) is 0 Å². The number of cyclic esters (lactones) is 1. The number of hydrogen-bond acceptors (Lipinski definition) is 16. The molecule has 6 atom stereocenters. The molecule has 2 aromatic heterocycles. The SMILES string of the molecule is COc1c(C)c2c(c(O)c1CCOP(=O)(O)COP(=O)(O)OCC1OC(n3cnc4c(N)ncnc43)[C@@H](O)[C@H]1O)C(=O)OC2. The summed E-state index contributed by atoms with van der Waals surface area (Å²) in [5.74, 6) is -0.815. The van der Waals surface area contributed by atoms with Crippen LogP contribution in [0.4, 0.5) is 5.82 Å². The summed E-state index contributed by atoms with van der Waals surface area (Å²) in [4.78, 5) is 44.1. The van der Waals surface area contributed by atoms with Crippen LogP contribution in [0, 0.1) is 6.92 Å². The largest absolute Gasteiger partial charge is 0.507 e. The number of hydrogen-bond donors (Lipinski definition) is 6. The average molecular weight is 661 g/mol. The second-order valence-corrected chi connectivity index (χ2v) is 13.0. The summed E-state index contributed by atoms with van der Waals surface area (Å²) >= 11 is 0. The smallest absolute Gasteiger partial charge is 0.472 e. The number of rotatable bonds is 12. The van der Waals surface area contributed by atoms with Crippen LogP contribution in [0.5, 0.6) is 11.5 Å². The number of carbonyl (C=O) groups is 1. The molecule has 4 unspecified atom stereocenters. The molecule has 1 saturated heterocycles. The van der Waals surface area contributed by atoms with Gasteiger partial charge < -0.3 is 49.6 Å². The number of benzene rings is 1. The molecule has 44 heavy (non-hydrogen) atoms. The molecular formula is C23H29N5O14P2. The van der Waals surface area contributed by atoms with Crippen molar-refractivity contribution in [1.29, 1.82) is 0 Å². The Bertz CT molecular complexity index is 1680. The predicted molar refractivity (Wildman–Crippen MR) is 145 cm³/mol. The molecule has 1 fully saturated rings. The van der Waals surface area contributed by atoms with Gasteiger partial charge in [-0.1, -0.05) is 0 Å². The van der Waals surface area contributed by atoms with Gasteiger partial charge in [-0.3, -0.25) is 18.2 Å². The van der Waals surface area contributed by atoms with Gasteiger partial charge in [0, 0.05) is 17.5 Å². The number of anilines is 1. The maximum absolute atomic E-state index is 12.5. The third-order valence-corrected chi connectivity index (χ3v) is 9.25. The first-order chi connectivity index (χ1) is 20.7. The standard InChI is InChI=1S/C23H29N5O14P2/c1-10-12-5-38-23(32)14(12)16(29)11(19(10)37-2)3-4-39-43(33,34)9-41-44(35,36)40-6-13-17(30)18(31)22(42-13)28-8-27-15-20(24)25-7-26-21(15)28/h7-8,13,17-18,22,29-31H,3-6,9H2,1-2H3,(H,33,34)(H,35,36)(H2,24,25,26)/t13?,17-,18-,22?/m0/s1. The van der Waals surface area contributed by atoms with Gasteiger partial charge in [0.05, 0.1) is 26.7 Å². The quantitative estimate of drug-likeness (QED) is 0.112. The zero-order chi connectivity index (χ0) is 32.0. The molecule has 4 heterocycles. The average Bonchev–Trinajstić information content (AvgIpc) is 3.66. The number of carbonyl (C=O) groups excluding carboxylic acids is 1. The minimum absolute atomic E-state index is 0.0283. The molecule has 0 spiro atoms. The number of aliphatic hydroxyl groups excluding tert-OH is 2. The van der Waals surface area contributed by atoms with Crippen LogP contribution in [0.3, 0.4) is 0 Å². The highest BCUT2D eigenvalue weighted by Gasteiger charge is 2.45. The van der Waals surface area contributed by atoms with E-state index < -0.39 is 71.2 Å². The number of phenols is 1. The van der Waals surface area contributed by atoms with Crippen LogP contribution < -0.4 is 10.5 Å². The number of phosphoric acid groups is 1. The zero-order valence-corrected chi connectivity index (χ0v) is 25.0. The number of phenolic OH excluding ortho intramolecular Hbond substituents is 1. The molecule has 0 radical (unpaired) electrons. The predicted octanol–water partition coefficient (Wildman–Crippen LogP) is 0.257. The maximum Gasteiger partial charge on any atom is 0.472 e. The van der Waals surface area contributed by atoms with Crippen LogP contribution >= 0.6 is 15.4 Å². The molecule has 240 valence electrons. The Labute approximate surface area is 248 Å². The van der Waals surface area contributed by atoms with E-state index in [1.54, 1.807) is 6.92 Å². The number of aliphatic hydroxyl groups is 2. The van der Waals surface area contributed by atoms with Crippen molar-refractivity contribution in [3.8, 4) is 11.5 Å². The van der Waals surface area contributed by atoms with Gasteiger partial charge in [-0.15, -0.1) is 0 Å². The van der Waals surface area contributed by atoms with Crippen LogP contribution in [-0.2, 0) is 45.2 Å². The summed E-state index contributed by atoms with van der Waals surface area (Å²) in [6.45, 7) is 0.384. The van der Waals surface area contributed by atoms with E-state index in [1.165, 1.54) is 24.3 Å². The summed E-state index contributed by atoms with van der Waals surface area (Å²) in [7, 11) is -8.30. The highest BCUT2D eigenvalue weighted by Crippen LogP contribution is 2.52. The highest BCUT2D eigenvalue weighted by atomic mass is 31.2. The Kier molecular flexibility index (Phi) is 8.99. The fourth-order valence-corrected chi connectivity index (χ4v) is 6.93. The van der Waals surface area contributed by atoms with Gasteiger partial charge in [0.25, 0.3) is 0 Å². The number of aromatic hydroxyl groups is 1. The third-order valence-electron chi connectivity index (χ3n) is 7.08. The Morgan fingerprint density at radius 3 is 2.61 bits per heavy atom. The third kappa shape index (κ3) is 6.16. The fourth-order valence-electron chi connectivity index (χ4n) is 4.90. The normalized spacial score (nSPS) is 24.2. The number of phosphoric ester groups is 1. The lowest BCUT2D eigenvalue weighted by atomic mass is 9.95. The minimum Gasteiger partial charge on any atom is -0.507 e. The van der Waals surface area contributed by atoms with Crippen molar-refractivity contribution in [2.24, 2.45) is 0 Å². The molecule has 0 bridgehead atoms. The number of fused-ring (bicyclic) bond motifs is 2. The summed E-state index contributed by atoms with van der Waals surface area (Å²) in [6, 6.07) is 0.